The van der Waals surface area contributed by atoms with Crippen molar-refractivity contribution in [2.45, 2.75) is 12.5 Å². The molecule has 102 valence electrons. The van der Waals surface area contributed by atoms with Crippen molar-refractivity contribution < 1.29 is 5.11 Å². The van der Waals surface area contributed by atoms with Gasteiger partial charge in [0.05, 0.1) is 23.2 Å². The lowest BCUT2D eigenvalue weighted by molar-refractivity contribution is 0.223. The third-order valence-electron chi connectivity index (χ3n) is 3.51. The number of benzene rings is 2. The summed E-state index contributed by atoms with van der Waals surface area (Å²) in [5.74, 6) is 0.659. The van der Waals surface area contributed by atoms with E-state index in [-0.39, 0.29) is 6.61 Å². The van der Waals surface area contributed by atoms with E-state index in [1.54, 1.807) is 0 Å². The number of nitrogens with zero attached hydrogens (tertiary/aromatic N) is 1. The zero-order valence-electron chi connectivity index (χ0n) is 11.3. The molecule has 0 fully saturated rings. The summed E-state index contributed by atoms with van der Waals surface area (Å²) in [6.45, 7) is 1.93. The first-order valence-corrected chi connectivity index (χ1v) is 6.61. The van der Waals surface area contributed by atoms with Crippen molar-refractivity contribution in [2.75, 3.05) is 11.9 Å². The minimum absolute atomic E-state index is 0.0198. The maximum atomic E-state index is 9.77. The molecule has 3 rings (SSSR count). The lowest BCUT2D eigenvalue weighted by Gasteiger charge is -2.29. The molecule has 3 aromatic rings. The molecule has 0 radical (unpaired) electrons. The van der Waals surface area contributed by atoms with Gasteiger partial charge in [0.15, 0.2) is 0 Å². The monoisotopic (exact) mass is 267 g/mol. The molecular weight excluding hydrogens is 250 g/mol. The van der Waals surface area contributed by atoms with Crippen LogP contribution in [0.3, 0.4) is 0 Å². The van der Waals surface area contributed by atoms with E-state index in [9.17, 15) is 5.11 Å². The molecule has 0 amide bonds. The number of imidazole rings is 1. The normalized spacial score (nSPS) is 14.1. The quantitative estimate of drug-likeness (QED) is 0.681. The fraction of sp³-hybridized carbons (Fsp3) is 0.188. The molecular formula is C16H17N3O. The molecule has 3 N–H and O–H groups in total. The van der Waals surface area contributed by atoms with Gasteiger partial charge in [0.2, 0.25) is 5.95 Å². The zero-order chi connectivity index (χ0) is 14.0. The summed E-state index contributed by atoms with van der Waals surface area (Å²) < 4.78 is 0. The van der Waals surface area contributed by atoms with Gasteiger partial charge in [-0.3, -0.25) is 0 Å². The molecule has 0 bridgehead atoms. The number of H-pyrrole nitrogens is 1. The Morgan fingerprint density at radius 3 is 2.50 bits per heavy atom. The van der Waals surface area contributed by atoms with E-state index in [4.69, 9.17) is 0 Å². The summed E-state index contributed by atoms with van der Waals surface area (Å²) in [4.78, 5) is 7.72. The van der Waals surface area contributed by atoms with Gasteiger partial charge in [-0.2, -0.15) is 0 Å². The van der Waals surface area contributed by atoms with Crippen LogP contribution in [0.4, 0.5) is 5.95 Å². The fourth-order valence-corrected chi connectivity index (χ4v) is 2.28. The highest BCUT2D eigenvalue weighted by Crippen LogP contribution is 2.25. The second-order valence-electron chi connectivity index (χ2n) is 5.08. The molecule has 0 spiro atoms. The van der Waals surface area contributed by atoms with E-state index in [1.165, 1.54) is 0 Å². The van der Waals surface area contributed by atoms with Crippen LogP contribution < -0.4 is 5.32 Å². The van der Waals surface area contributed by atoms with Crippen molar-refractivity contribution in [3.05, 3.63) is 60.2 Å². The van der Waals surface area contributed by atoms with Crippen LogP contribution in [0, 0.1) is 0 Å². The number of hydrogen-bond acceptors (Lipinski definition) is 3. The number of para-hydroxylation sites is 2. The number of aromatic nitrogens is 2. The lowest BCUT2D eigenvalue weighted by atomic mass is 9.93. The first kappa shape index (κ1) is 12.7. The molecule has 1 unspecified atom stereocenters. The van der Waals surface area contributed by atoms with Gasteiger partial charge in [0.25, 0.3) is 0 Å². The molecule has 0 aliphatic rings. The molecule has 0 aliphatic heterocycles. The van der Waals surface area contributed by atoms with E-state index in [0.717, 1.165) is 16.6 Å². The van der Waals surface area contributed by atoms with Gasteiger partial charge >= 0.3 is 0 Å². The molecule has 20 heavy (non-hydrogen) atoms. The second-order valence-corrected chi connectivity index (χ2v) is 5.08. The number of rotatable bonds is 4. The summed E-state index contributed by atoms with van der Waals surface area (Å²) >= 11 is 0. The fourth-order valence-electron chi connectivity index (χ4n) is 2.28. The summed E-state index contributed by atoms with van der Waals surface area (Å²) in [5, 5.41) is 13.1. The van der Waals surface area contributed by atoms with E-state index < -0.39 is 5.54 Å². The molecule has 1 atom stereocenters. The molecule has 0 saturated carbocycles. The van der Waals surface area contributed by atoms with Crippen molar-refractivity contribution in [1.29, 1.82) is 0 Å². The first-order valence-electron chi connectivity index (χ1n) is 6.61. The van der Waals surface area contributed by atoms with Gasteiger partial charge in [-0.25, -0.2) is 4.98 Å². The topological polar surface area (TPSA) is 60.9 Å². The van der Waals surface area contributed by atoms with Crippen molar-refractivity contribution in [2.24, 2.45) is 0 Å². The van der Waals surface area contributed by atoms with Crippen LogP contribution >= 0.6 is 0 Å². The van der Waals surface area contributed by atoms with Crippen molar-refractivity contribution in [1.82, 2.24) is 9.97 Å². The smallest absolute Gasteiger partial charge is 0.201 e. The Balaban J connectivity index is 1.95. The Bertz CT molecular complexity index is 675. The minimum atomic E-state index is -0.574. The largest absolute Gasteiger partial charge is 0.394 e. The van der Waals surface area contributed by atoms with Gasteiger partial charge in [-0.05, 0) is 24.6 Å². The number of hydrogen-bond donors (Lipinski definition) is 3. The summed E-state index contributed by atoms with van der Waals surface area (Å²) in [7, 11) is 0. The van der Waals surface area contributed by atoms with Crippen LogP contribution in [0.2, 0.25) is 0 Å². The molecule has 1 aromatic heterocycles. The Labute approximate surface area is 117 Å². The molecule has 1 heterocycles. The second kappa shape index (κ2) is 4.98. The van der Waals surface area contributed by atoms with Crippen LogP contribution in [0.25, 0.3) is 11.0 Å². The Morgan fingerprint density at radius 2 is 1.80 bits per heavy atom. The predicted octanol–water partition coefficient (Wildman–Crippen LogP) is 2.88. The molecule has 4 heteroatoms. The average molecular weight is 267 g/mol. The zero-order valence-corrected chi connectivity index (χ0v) is 11.3. The lowest BCUT2D eigenvalue weighted by Crippen LogP contribution is -2.36. The number of nitrogens with one attached hydrogen (secondary N) is 2. The van der Waals surface area contributed by atoms with Crippen LogP contribution in [-0.4, -0.2) is 21.7 Å². The van der Waals surface area contributed by atoms with E-state index in [0.29, 0.717) is 5.95 Å². The Kier molecular flexibility index (Phi) is 3.16. The molecule has 0 aliphatic carbocycles. The highest BCUT2D eigenvalue weighted by atomic mass is 16.3. The number of aromatic amines is 1. The van der Waals surface area contributed by atoms with Crippen molar-refractivity contribution in [3.63, 3.8) is 0 Å². The average Bonchev–Trinajstić information content (AvgIpc) is 2.90. The number of aliphatic hydroxyl groups excluding tert-OH is 1. The summed E-state index contributed by atoms with van der Waals surface area (Å²) in [6, 6.07) is 17.7. The Hall–Kier alpha value is -2.33. The van der Waals surface area contributed by atoms with E-state index >= 15 is 0 Å². The van der Waals surface area contributed by atoms with Crippen LogP contribution in [0.1, 0.15) is 12.5 Å². The van der Waals surface area contributed by atoms with Crippen LogP contribution in [-0.2, 0) is 5.54 Å². The highest BCUT2D eigenvalue weighted by Gasteiger charge is 2.26. The van der Waals surface area contributed by atoms with Gasteiger partial charge in [-0.1, -0.05) is 42.5 Å². The van der Waals surface area contributed by atoms with Gasteiger partial charge < -0.3 is 15.4 Å². The maximum Gasteiger partial charge on any atom is 0.201 e. The third-order valence-corrected chi connectivity index (χ3v) is 3.51. The maximum absolute atomic E-state index is 9.77. The van der Waals surface area contributed by atoms with Crippen molar-refractivity contribution >= 4 is 17.0 Å². The van der Waals surface area contributed by atoms with Crippen LogP contribution in [0.15, 0.2) is 54.6 Å². The van der Waals surface area contributed by atoms with Crippen LogP contribution in [0.5, 0.6) is 0 Å². The number of fused-ring (bicyclic) bond motifs is 1. The predicted molar refractivity (Wildman–Crippen MR) is 80.6 cm³/mol. The van der Waals surface area contributed by atoms with E-state index in [2.05, 4.69) is 15.3 Å². The molecule has 0 saturated heterocycles. The first-order chi connectivity index (χ1) is 9.71. The van der Waals surface area contributed by atoms with Gasteiger partial charge in [0.1, 0.15) is 0 Å². The number of aliphatic hydroxyl groups is 1. The van der Waals surface area contributed by atoms with Crippen molar-refractivity contribution in [3.8, 4) is 0 Å². The number of anilines is 1. The molecule has 4 nitrogen and oxygen atoms in total. The minimum Gasteiger partial charge on any atom is -0.394 e. The van der Waals surface area contributed by atoms with Gasteiger partial charge in [0, 0.05) is 0 Å². The standard InChI is InChI=1S/C16H17N3O/c1-16(11-20,12-7-3-2-4-8-12)19-15-17-13-9-5-6-10-14(13)18-15/h2-10,20H,11H2,1H3,(H2,17,18,19). The highest BCUT2D eigenvalue weighted by molar-refractivity contribution is 5.77. The summed E-state index contributed by atoms with van der Waals surface area (Å²) in [6.07, 6.45) is 0. The van der Waals surface area contributed by atoms with E-state index in [1.807, 2.05) is 61.5 Å². The summed E-state index contributed by atoms with van der Waals surface area (Å²) in [5.41, 5.74) is 2.32. The Morgan fingerprint density at radius 1 is 1.10 bits per heavy atom. The SMILES string of the molecule is CC(CO)(Nc1nc2ccccc2[nH]1)c1ccccc1. The van der Waals surface area contributed by atoms with Gasteiger partial charge in [-0.15, -0.1) is 0 Å². The molecule has 2 aromatic carbocycles. The third kappa shape index (κ3) is 2.26.